The maximum absolute atomic E-state index is 12.0. The highest BCUT2D eigenvalue weighted by molar-refractivity contribution is 5.92. The van der Waals surface area contributed by atoms with Gasteiger partial charge in [0, 0.05) is 39.3 Å². The molecule has 29 heavy (non-hydrogen) atoms. The Morgan fingerprint density at radius 3 is 2.55 bits per heavy atom. The Hall–Kier alpha value is -2.32. The monoisotopic (exact) mass is 406 g/mol. The SMILES string of the molecule is CN=C(NCc1ccc(OC)c(C(=O)OC)c1)NCC(C(C)C)N1CCOCC1. The van der Waals surface area contributed by atoms with Crippen molar-refractivity contribution in [1.29, 1.82) is 0 Å². The lowest BCUT2D eigenvalue weighted by molar-refractivity contribution is 0.00752. The minimum absolute atomic E-state index is 0.407. The zero-order valence-electron chi connectivity index (χ0n) is 18.2. The molecule has 1 unspecified atom stereocenters. The molecule has 0 aliphatic carbocycles. The van der Waals surface area contributed by atoms with Gasteiger partial charge < -0.3 is 24.8 Å². The molecule has 1 aliphatic rings. The molecule has 8 nitrogen and oxygen atoms in total. The number of carbonyl (C=O) groups is 1. The molecule has 1 aliphatic heterocycles. The molecule has 0 aromatic heterocycles. The van der Waals surface area contributed by atoms with E-state index >= 15 is 0 Å². The molecule has 0 radical (unpaired) electrons. The van der Waals surface area contributed by atoms with Gasteiger partial charge in [-0.3, -0.25) is 9.89 Å². The fourth-order valence-corrected chi connectivity index (χ4v) is 3.44. The third-order valence-electron chi connectivity index (χ3n) is 5.12. The summed E-state index contributed by atoms with van der Waals surface area (Å²) in [5.74, 6) is 1.31. The Kier molecular flexibility index (Phi) is 9.21. The van der Waals surface area contributed by atoms with Crippen LogP contribution in [0.15, 0.2) is 23.2 Å². The highest BCUT2D eigenvalue weighted by Crippen LogP contribution is 2.20. The second-order valence-electron chi connectivity index (χ2n) is 7.29. The van der Waals surface area contributed by atoms with Gasteiger partial charge in [0.1, 0.15) is 11.3 Å². The van der Waals surface area contributed by atoms with Crippen molar-refractivity contribution < 1.29 is 19.0 Å². The second kappa shape index (κ2) is 11.6. The first-order valence-corrected chi connectivity index (χ1v) is 10.0. The minimum atomic E-state index is -0.420. The summed E-state index contributed by atoms with van der Waals surface area (Å²) in [6.45, 7) is 9.29. The van der Waals surface area contributed by atoms with Crippen molar-refractivity contribution in [1.82, 2.24) is 15.5 Å². The molecule has 1 fully saturated rings. The van der Waals surface area contributed by atoms with Crippen LogP contribution in [-0.4, -0.2) is 77.0 Å². The molecular weight excluding hydrogens is 372 g/mol. The fraction of sp³-hybridized carbons (Fsp3) is 0.619. The van der Waals surface area contributed by atoms with E-state index in [2.05, 4.69) is 34.4 Å². The Morgan fingerprint density at radius 2 is 1.97 bits per heavy atom. The number of rotatable bonds is 8. The number of guanidine groups is 1. The molecule has 1 heterocycles. The normalized spacial score (nSPS) is 16.4. The topological polar surface area (TPSA) is 84.4 Å². The Labute approximate surface area is 173 Å². The zero-order chi connectivity index (χ0) is 21.2. The predicted molar refractivity (Wildman–Crippen MR) is 114 cm³/mol. The maximum atomic E-state index is 12.0. The van der Waals surface area contributed by atoms with E-state index in [1.54, 1.807) is 19.2 Å². The van der Waals surface area contributed by atoms with Gasteiger partial charge >= 0.3 is 5.97 Å². The van der Waals surface area contributed by atoms with Crippen LogP contribution in [0, 0.1) is 5.92 Å². The second-order valence-corrected chi connectivity index (χ2v) is 7.29. The number of nitrogens with zero attached hydrogens (tertiary/aromatic N) is 2. The molecule has 8 heteroatoms. The average Bonchev–Trinajstić information content (AvgIpc) is 2.75. The average molecular weight is 407 g/mol. The summed E-state index contributed by atoms with van der Waals surface area (Å²) in [6, 6.07) is 5.86. The van der Waals surface area contributed by atoms with Crippen LogP contribution < -0.4 is 15.4 Å². The molecule has 1 saturated heterocycles. The van der Waals surface area contributed by atoms with Crippen molar-refractivity contribution in [3.05, 3.63) is 29.3 Å². The fourth-order valence-electron chi connectivity index (χ4n) is 3.44. The number of nitrogens with one attached hydrogen (secondary N) is 2. The van der Waals surface area contributed by atoms with Crippen LogP contribution >= 0.6 is 0 Å². The molecule has 1 aromatic carbocycles. The number of carbonyl (C=O) groups excluding carboxylic acids is 1. The van der Waals surface area contributed by atoms with Crippen molar-refractivity contribution in [2.24, 2.45) is 10.9 Å². The van der Waals surface area contributed by atoms with Crippen molar-refractivity contribution in [2.45, 2.75) is 26.4 Å². The van der Waals surface area contributed by atoms with E-state index < -0.39 is 5.97 Å². The summed E-state index contributed by atoms with van der Waals surface area (Å²) in [5, 5.41) is 6.74. The number of esters is 1. The van der Waals surface area contributed by atoms with Crippen LogP contribution in [0.3, 0.4) is 0 Å². The van der Waals surface area contributed by atoms with E-state index in [1.165, 1.54) is 14.2 Å². The molecule has 0 spiro atoms. The Balaban J connectivity index is 1.95. The Bertz CT molecular complexity index is 687. The maximum Gasteiger partial charge on any atom is 0.341 e. The molecule has 2 rings (SSSR count). The highest BCUT2D eigenvalue weighted by Gasteiger charge is 2.24. The quantitative estimate of drug-likeness (QED) is 0.384. The molecular formula is C21H34N4O4. The predicted octanol–water partition coefficient (Wildman–Crippen LogP) is 1.50. The van der Waals surface area contributed by atoms with Crippen LogP contribution in [0.5, 0.6) is 5.75 Å². The zero-order valence-corrected chi connectivity index (χ0v) is 18.2. The van der Waals surface area contributed by atoms with Gasteiger partial charge in [-0.1, -0.05) is 19.9 Å². The van der Waals surface area contributed by atoms with Gasteiger partial charge in [0.05, 0.1) is 27.4 Å². The van der Waals surface area contributed by atoms with E-state index in [-0.39, 0.29) is 0 Å². The van der Waals surface area contributed by atoms with Crippen LogP contribution in [0.25, 0.3) is 0 Å². The molecule has 1 atom stereocenters. The van der Waals surface area contributed by atoms with E-state index in [0.29, 0.717) is 29.8 Å². The van der Waals surface area contributed by atoms with E-state index in [4.69, 9.17) is 14.2 Å². The van der Waals surface area contributed by atoms with Gasteiger partial charge in [-0.25, -0.2) is 4.79 Å². The summed E-state index contributed by atoms with van der Waals surface area (Å²) in [6.07, 6.45) is 0. The number of hydrogen-bond donors (Lipinski definition) is 2. The number of aliphatic imine (C=N–C) groups is 1. The van der Waals surface area contributed by atoms with Crippen LogP contribution in [0.1, 0.15) is 29.8 Å². The largest absolute Gasteiger partial charge is 0.496 e. The van der Waals surface area contributed by atoms with Crippen molar-refractivity contribution >= 4 is 11.9 Å². The summed E-state index contributed by atoms with van der Waals surface area (Å²) in [5.41, 5.74) is 1.34. The van der Waals surface area contributed by atoms with Crippen LogP contribution in [0.2, 0.25) is 0 Å². The first kappa shape index (κ1) is 23.0. The first-order chi connectivity index (χ1) is 14.0. The number of benzene rings is 1. The molecule has 0 bridgehead atoms. The van der Waals surface area contributed by atoms with E-state index in [1.807, 2.05) is 6.07 Å². The van der Waals surface area contributed by atoms with Gasteiger partial charge in [0.25, 0.3) is 0 Å². The summed E-state index contributed by atoms with van der Waals surface area (Å²) < 4.78 is 15.6. The lowest BCUT2D eigenvalue weighted by Crippen LogP contribution is -2.52. The smallest absolute Gasteiger partial charge is 0.341 e. The molecule has 162 valence electrons. The van der Waals surface area contributed by atoms with E-state index in [0.717, 1.165) is 44.4 Å². The molecule has 0 amide bonds. The van der Waals surface area contributed by atoms with Gasteiger partial charge in [0.15, 0.2) is 5.96 Å². The van der Waals surface area contributed by atoms with Crippen molar-refractivity contribution in [3.8, 4) is 5.75 Å². The van der Waals surface area contributed by atoms with E-state index in [9.17, 15) is 4.79 Å². The van der Waals surface area contributed by atoms with Gasteiger partial charge in [0.2, 0.25) is 0 Å². The first-order valence-electron chi connectivity index (χ1n) is 10.0. The summed E-state index contributed by atoms with van der Waals surface area (Å²) in [4.78, 5) is 18.8. The number of ether oxygens (including phenoxy) is 3. The van der Waals surface area contributed by atoms with Gasteiger partial charge in [-0.2, -0.15) is 0 Å². The highest BCUT2D eigenvalue weighted by atomic mass is 16.5. The Morgan fingerprint density at radius 1 is 1.24 bits per heavy atom. The number of hydrogen-bond acceptors (Lipinski definition) is 6. The van der Waals surface area contributed by atoms with Crippen LogP contribution in [0.4, 0.5) is 0 Å². The van der Waals surface area contributed by atoms with Crippen LogP contribution in [-0.2, 0) is 16.0 Å². The third kappa shape index (κ3) is 6.61. The molecule has 1 aromatic rings. The molecule has 2 N–H and O–H groups in total. The summed E-state index contributed by atoms with van der Waals surface area (Å²) in [7, 11) is 4.64. The number of morpholine rings is 1. The minimum Gasteiger partial charge on any atom is -0.496 e. The third-order valence-corrected chi connectivity index (χ3v) is 5.12. The van der Waals surface area contributed by atoms with Crippen molar-refractivity contribution in [3.63, 3.8) is 0 Å². The standard InChI is InChI=1S/C21H34N4O4/c1-15(2)18(25-8-10-29-11-9-25)14-24-21(22-3)23-13-16-6-7-19(27-4)17(12-16)20(26)28-5/h6-7,12,15,18H,8-11,13-14H2,1-5H3,(H2,22,23,24). The van der Waals surface area contributed by atoms with Gasteiger partial charge in [-0.05, 0) is 23.6 Å². The lowest BCUT2D eigenvalue weighted by Gasteiger charge is -2.37. The lowest BCUT2D eigenvalue weighted by atomic mass is 10.0. The summed E-state index contributed by atoms with van der Waals surface area (Å²) >= 11 is 0. The van der Waals surface area contributed by atoms with Gasteiger partial charge in [-0.15, -0.1) is 0 Å². The molecule has 0 saturated carbocycles. The van der Waals surface area contributed by atoms with Crippen molar-refractivity contribution in [2.75, 3.05) is 54.1 Å². The number of methoxy groups -OCH3 is 2.